The first-order valence-electron chi connectivity index (χ1n) is 9.55. The van der Waals surface area contributed by atoms with E-state index in [-0.39, 0.29) is 13.2 Å². The number of unbranched alkanes of at least 4 members (excludes halogenated alkanes) is 7. The van der Waals surface area contributed by atoms with Gasteiger partial charge in [-0.1, -0.05) is 44.8 Å². The molecule has 0 bridgehead atoms. The van der Waals surface area contributed by atoms with Crippen molar-refractivity contribution in [3.8, 4) is 0 Å². The lowest BCUT2D eigenvalue weighted by Gasteiger charge is -2.37. The minimum absolute atomic E-state index is 0.0399. The molecule has 5 nitrogen and oxygen atoms in total. The number of hydrogen-bond acceptors (Lipinski definition) is 5. The van der Waals surface area contributed by atoms with E-state index in [1.165, 1.54) is 38.5 Å². The Balaban J connectivity index is 2.01. The average molecular weight is 344 g/mol. The molecule has 5 heteroatoms. The summed E-state index contributed by atoms with van der Waals surface area (Å²) in [6.45, 7) is 2.57. The van der Waals surface area contributed by atoms with E-state index >= 15 is 0 Å². The van der Waals surface area contributed by atoms with Crippen molar-refractivity contribution < 1.29 is 24.8 Å². The van der Waals surface area contributed by atoms with E-state index in [1.54, 1.807) is 0 Å². The fourth-order valence-electron chi connectivity index (χ4n) is 2.90. The van der Waals surface area contributed by atoms with Crippen LogP contribution in [0.25, 0.3) is 0 Å². The summed E-state index contributed by atoms with van der Waals surface area (Å²) in [6, 6.07) is 0. The van der Waals surface area contributed by atoms with Crippen LogP contribution in [0.4, 0.5) is 0 Å². The van der Waals surface area contributed by atoms with E-state index in [4.69, 9.17) is 9.47 Å². The first-order valence-corrected chi connectivity index (χ1v) is 9.55. The Bertz CT molecular complexity index is 319. The van der Waals surface area contributed by atoms with Gasteiger partial charge in [-0.2, -0.15) is 0 Å². The van der Waals surface area contributed by atoms with Crippen LogP contribution in [0, 0.1) is 0 Å². The smallest absolute Gasteiger partial charge is 0.114 e. The molecule has 1 rings (SSSR count). The zero-order valence-corrected chi connectivity index (χ0v) is 15.1. The Morgan fingerprint density at radius 3 is 2.33 bits per heavy atom. The van der Waals surface area contributed by atoms with Crippen LogP contribution in [0.15, 0.2) is 12.2 Å². The van der Waals surface area contributed by atoms with Gasteiger partial charge in [0.2, 0.25) is 0 Å². The Morgan fingerprint density at radius 2 is 1.67 bits per heavy atom. The summed E-state index contributed by atoms with van der Waals surface area (Å²) in [5.41, 5.74) is 0. The third-order valence-corrected chi connectivity index (χ3v) is 4.47. The van der Waals surface area contributed by atoms with Gasteiger partial charge >= 0.3 is 0 Å². The fourth-order valence-corrected chi connectivity index (χ4v) is 2.90. The largest absolute Gasteiger partial charge is 0.394 e. The lowest BCUT2D eigenvalue weighted by atomic mass is 10.0. The summed E-state index contributed by atoms with van der Waals surface area (Å²) in [5, 5.41) is 28.8. The molecule has 0 saturated carbocycles. The highest BCUT2D eigenvalue weighted by Gasteiger charge is 2.39. The average Bonchev–Trinajstić information content (AvgIpc) is 2.59. The summed E-state index contributed by atoms with van der Waals surface area (Å²) in [6.07, 6.45) is 12.0. The first kappa shape index (κ1) is 21.6. The molecule has 24 heavy (non-hydrogen) atoms. The predicted octanol–water partition coefficient (Wildman–Crippen LogP) is 2.57. The molecule has 0 aromatic rings. The Morgan fingerprint density at radius 1 is 1.00 bits per heavy atom. The molecule has 1 fully saturated rings. The van der Waals surface area contributed by atoms with Gasteiger partial charge in [0, 0.05) is 6.61 Å². The van der Waals surface area contributed by atoms with E-state index in [2.05, 4.69) is 19.1 Å². The van der Waals surface area contributed by atoms with Crippen molar-refractivity contribution in [2.24, 2.45) is 0 Å². The molecule has 0 spiro atoms. The van der Waals surface area contributed by atoms with Gasteiger partial charge in [0.15, 0.2) is 0 Å². The third kappa shape index (κ3) is 8.58. The second kappa shape index (κ2) is 13.8. The van der Waals surface area contributed by atoms with Gasteiger partial charge in [0.1, 0.15) is 24.4 Å². The van der Waals surface area contributed by atoms with Crippen molar-refractivity contribution in [3.63, 3.8) is 0 Å². The zero-order chi connectivity index (χ0) is 17.6. The van der Waals surface area contributed by atoms with Gasteiger partial charge in [0.25, 0.3) is 0 Å². The molecule has 0 aromatic heterocycles. The normalized spacial score (nSPS) is 27.8. The van der Waals surface area contributed by atoms with E-state index in [9.17, 15) is 15.3 Å². The quantitative estimate of drug-likeness (QED) is 0.353. The lowest BCUT2D eigenvalue weighted by molar-refractivity contribution is -0.211. The maximum Gasteiger partial charge on any atom is 0.114 e. The van der Waals surface area contributed by atoms with Crippen molar-refractivity contribution in [1.29, 1.82) is 0 Å². The van der Waals surface area contributed by atoms with Crippen molar-refractivity contribution in [2.45, 2.75) is 89.1 Å². The monoisotopic (exact) mass is 344 g/mol. The van der Waals surface area contributed by atoms with Crippen LogP contribution in [-0.2, 0) is 9.47 Å². The number of rotatable bonds is 13. The number of hydrogen-bond donors (Lipinski definition) is 3. The summed E-state index contributed by atoms with van der Waals surface area (Å²) >= 11 is 0. The predicted molar refractivity (Wildman–Crippen MR) is 94.9 cm³/mol. The lowest BCUT2D eigenvalue weighted by Crippen LogP contribution is -2.55. The summed E-state index contributed by atoms with van der Waals surface area (Å²) in [4.78, 5) is 0. The first-order chi connectivity index (χ1) is 11.7. The Hall–Kier alpha value is -0.460. The summed E-state index contributed by atoms with van der Waals surface area (Å²) in [7, 11) is 0. The molecule has 1 aliphatic rings. The van der Waals surface area contributed by atoms with Crippen LogP contribution < -0.4 is 0 Å². The Kier molecular flexibility index (Phi) is 12.4. The van der Waals surface area contributed by atoms with Crippen LogP contribution in [-0.4, -0.2) is 59.6 Å². The maximum atomic E-state index is 9.94. The third-order valence-electron chi connectivity index (χ3n) is 4.47. The van der Waals surface area contributed by atoms with Crippen molar-refractivity contribution in [1.82, 2.24) is 0 Å². The molecule has 3 N–H and O–H groups in total. The van der Waals surface area contributed by atoms with Crippen LogP contribution in [0.3, 0.4) is 0 Å². The highest BCUT2D eigenvalue weighted by molar-refractivity contribution is 4.87. The van der Waals surface area contributed by atoms with Crippen molar-refractivity contribution >= 4 is 0 Å². The highest BCUT2D eigenvalue weighted by atomic mass is 16.6. The van der Waals surface area contributed by atoms with Gasteiger partial charge in [-0.15, -0.1) is 0 Å². The minimum atomic E-state index is -0.992. The maximum absolute atomic E-state index is 9.94. The van der Waals surface area contributed by atoms with Gasteiger partial charge in [0.05, 0.1) is 13.2 Å². The molecule has 1 saturated heterocycles. The number of ether oxygens (including phenoxy) is 2. The molecular weight excluding hydrogens is 308 g/mol. The molecule has 1 aliphatic heterocycles. The van der Waals surface area contributed by atoms with Crippen molar-refractivity contribution in [2.75, 3.05) is 19.8 Å². The van der Waals surface area contributed by atoms with Crippen LogP contribution in [0.1, 0.15) is 64.7 Å². The fraction of sp³-hybridized carbons (Fsp3) is 0.895. The van der Waals surface area contributed by atoms with Gasteiger partial charge < -0.3 is 24.8 Å². The van der Waals surface area contributed by atoms with Crippen LogP contribution in [0.2, 0.25) is 0 Å². The summed E-state index contributed by atoms with van der Waals surface area (Å²) in [5.74, 6) is 0. The zero-order valence-electron chi connectivity index (χ0n) is 15.1. The summed E-state index contributed by atoms with van der Waals surface area (Å²) < 4.78 is 10.9. The molecule has 0 radical (unpaired) electrons. The van der Waals surface area contributed by atoms with Gasteiger partial charge in [-0.25, -0.2) is 0 Å². The molecule has 142 valence electrons. The van der Waals surface area contributed by atoms with Crippen molar-refractivity contribution in [3.05, 3.63) is 12.2 Å². The van der Waals surface area contributed by atoms with E-state index in [0.717, 1.165) is 19.3 Å². The molecule has 4 atom stereocenters. The highest BCUT2D eigenvalue weighted by Crippen LogP contribution is 2.19. The molecule has 0 amide bonds. The topological polar surface area (TPSA) is 79.2 Å². The number of allylic oxidation sites excluding steroid dienone is 2. The van der Waals surface area contributed by atoms with Crippen LogP contribution >= 0.6 is 0 Å². The van der Waals surface area contributed by atoms with Gasteiger partial charge in [-0.3, -0.25) is 0 Å². The number of aliphatic hydroxyl groups is 3. The molecule has 0 aliphatic carbocycles. The molecule has 0 aromatic carbocycles. The molecule has 0 unspecified atom stereocenters. The van der Waals surface area contributed by atoms with E-state index in [1.807, 2.05) is 0 Å². The van der Waals surface area contributed by atoms with Crippen LogP contribution in [0.5, 0.6) is 0 Å². The molecular formula is C19H36O5. The van der Waals surface area contributed by atoms with E-state index < -0.39 is 24.4 Å². The van der Waals surface area contributed by atoms with E-state index in [0.29, 0.717) is 6.61 Å². The second-order valence-electron chi connectivity index (χ2n) is 6.62. The minimum Gasteiger partial charge on any atom is -0.394 e. The second-order valence-corrected chi connectivity index (χ2v) is 6.62. The number of aliphatic hydroxyl groups excluding tert-OH is 3. The molecule has 1 heterocycles. The Labute approximate surface area is 146 Å². The standard InChI is InChI=1S/C19H36O5/c1-2-3-4-5-6-7-8-9-10-11-12-13-23-19-17(14-20)24-15-16(21)18(19)22/h6-7,16-22H,2-5,8-15H2,1H3/b7-6+/t16-,17+,18+,19+/m1/s1. The SMILES string of the molecule is CCCCC/C=C/CCCCCCO[C@@H]1[C@@H](O)[C@H](O)CO[C@H]1CO. The van der Waals surface area contributed by atoms with Gasteiger partial charge in [-0.05, 0) is 32.1 Å².